The average molecular weight is 375 g/mol. The Hall–Kier alpha value is -3.05. The molecule has 0 fully saturated rings. The smallest absolute Gasteiger partial charge is 0.255 e. The van der Waals surface area contributed by atoms with Crippen LogP contribution in [0, 0.1) is 0 Å². The number of amides is 1. The maximum Gasteiger partial charge on any atom is 0.255 e. The van der Waals surface area contributed by atoms with Crippen molar-refractivity contribution in [1.82, 2.24) is 14.8 Å². The zero-order chi connectivity index (χ0) is 19.3. The molecule has 0 radical (unpaired) electrons. The SMILES string of the molecule is COc1ccccc1C(=O)NCC1Cn2cccc2CN1Cc1ccccc1. The van der Waals surface area contributed by atoms with E-state index in [1.807, 2.05) is 24.3 Å². The molecule has 1 atom stereocenters. The van der Waals surface area contributed by atoms with E-state index in [1.54, 1.807) is 13.2 Å². The fourth-order valence-electron chi connectivity index (χ4n) is 3.79. The van der Waals surface area contributed by atoms with Crippen LogP contribution in [0.25, 0.3) is 0 Å². The molecule has 2 heterocycles. The van der Waals surface area contributed by atoms with E-state index in [1.165, 1.54) is 11.3 Å². The highest BCUT2D eigenvalue weighted by Crippen LogP contribution is 2.21. The number of rotatable bonds is 6. The molecule has 4 rings (SSSR count). The van der Waals surface area contributed by atoms with Crippen molar-refractivity contribution in [2.24, 2.45) is 0 Å². The number of carbonyl (C=O) groups is 1. The van der Waals surface area contributed by atoms with Gasteiger partial charge in [-0.2, -0.15) is 0 Å². The number of methoxy groups -OCH3 is 1. The number of carbonyl (C=O) groups excluding carboxylic acids is 1. The first-order valence-electron chi connectivity index (χ1n) is 9.58. The highest BCUT2D eigenvalue weighted by atomic mass is 16.5. The summed E-state index contributed by atoms with van der Waals surface area (Å²) in [4.78, 5) is 15.1. The van der Waals surface area contributed by atoms with Gasteiger partial charge in [-0.25, -0.2) is 0 Å². The molecular formula is C23H25N3O2. The fourth-order valence-corrected chi connectivity index (χ4v) is 3.79. The minimum absolute atomic E-state index is 0.101. The van der Waals surface area contributed by atoms with Crippen molar-refractivity contribution >= 4 is 5.91 Å². The second kappa shape index (κ2) is 8.31. The van der Waals surface area contributed by atoms with Gasteiger partial charge in [-0.3, -0.25) is 9.69 Å². The van der Waals surface area contributed by atoms with E-state index in [4.69, 9.17) is 4.74 Å². The summed E-state index contributed by atoms with van der Waals surface area (Å²) in [6.45, 7) is 3.18. The van der Waals surface area contributed by atoms with Gasteiger partial charge in [0, 0.05) is 44.1 Å². The molecule has 1 aliphatic rings. The largest absolute Gasteiger partial charge is 0.496 e. The monoisotopic (exact) mass is 375 g/mol. The van der Waals surface area contributed by atoms with E-state index in [-0.39, 0.29) is 11.9 Å². The molecule has 2 aromatic carbocycles. The van der Waals surface area contributed by atoms with Crippen LogP contribution in [0.4, 0.5) is 0 Å². The molecule has 0 saturated carbocycles. The van der Waals surface area contributed by atoms with E-state index < -0.39 is 0 Å². The van der Waals surface area contributed by atoms with Crippen molar-refractivity contribution < 1.29 is 9.53 Å². The third-order valence-electron chi connectivity index (χ3n) is 5.29. The van der Waals surface area contributed by atoms with Crippen molar-refractivity contribution in [3.8, 4) is 5.75 Å². The second-order valence-electron chi connectivity index (χ2n) is 7.11. The van der Waals surface area contributed by atoms with Gasteiger partial charge < -0.3 is 14.6 Å². The molecule has 5 heteroatoms. The lowest BCUT2D eigenvalue weighted by molar-refractivity contribution is 0.0895. The standard InChI is InChI=1S/C23H25N3O2/c1-28-22-12-6-5-11-21(22)23(27)24-14-20-17-25-13-7-10-19(25)16-26(20)15-18-8-3-2-4-9-18/h2-13,20H,14-17H2,1H3,(H,24,27). The number of benzene rings is 2. The summed E-state index contributed by atoms with van der Waals surface area (Å²) < 4.78 is 7.60. The number of para-hydroxylation sites is 1. The Balaban J connectivity index is 1.48. The first-order chi connectivity index (χ1) is 13.7. The number of hydrogen-bond acceptors (Lipinski definition) is 3. The van der Waals surface area contributed by atoms with E-state index in [0.717, 1.165) is 19.6 Å². The molecule has 0 bridgehead atoms. The van der Waals surface area contributed by atoms with Crippen molar-refractivity contribution in [2.75, 3.05) is 13.7 Å². The Kier molecular flexibility index (Phi) is 5.44. The zero-order valence-electron chi connectivity index (χ0n) is 16.0. The first kappa shape index (κ1) is 18.3. The molecule has 28 heavy (non-hydrogen) atoms. The molecule has 5 nitrogen and oxygen atoms in total. The molecule has 1 aromatic heterocycles. The minimum atomic E-state index is -0.101. The quantitative estimate of drug-likeness (QED) is 0.719. The molecule has 0 saturated heterocycles. The van der Waals surface area contributed by atoms with Crippen LogP contribution in [0.1, 0.15) is 21.6 Å². The van der Waals surface area contributed by atoms with Crippen LogP contribution < -0.4 is 10.1 Å². The van der Waals surface area contributed by atoms with Crippen LogP contribution in [-0.2, 0) is 19.6 Å². The number of ether oxygens (including phenoxy) is 1. The van der Waals surface area contributed by atoms with Crippen molar-refractivity contribution in [3.05, 3.63) is 89.7 Å². The molecule has 144 valence electrons. The van der Waals surface area contributed by atoms with Gasteiger partial charge in [0.15, 0.2) is 0 Å². The van der Waals surface area contributed by atoms with Gasteiger partial charge in [0.05, 0.1) is 12.7 Å². The summed E-state index contributed by atoms with van der Waals surface area (Å²) in [6.07, 6.45) is 2.12. The van der Waals surface area contributed by atoms with Crippen molar-refractivity contribution in [1.29, 1.82) is 0 Å². The normalized spacial score (nSPS) is 16.4. The summed E-state index contributed by atoms with van der Waals surface area (Å²) in [5.41, 5.74) is 3.16. The average Bonchev–Trinajstić information content (AvgIpc) is 3.19. The Morgan fingerprint density at radius 2 is 1.86 bits per heavy atom. The van der Waals surface area contributed by atoms with E-state index in [2.05, 4.69) is 57.4 Å². The van der Waals surface area contributed by atoms with Gasteiger partial charge in [0.1, 0.15) is 5.75 Å². The van der Waals surface area contributed by atoms with Gasteiger partial charge in [-0.1, -0.05) is 42.5 Å². The van der Waals surface area contributed by atoms with E-state index >= 15 is 0 Å². The lowest BCUT2D eigenvalue weighted by Crippen LogP contribution is -2.48. The summed E-state index contributed by atoms with van der Waals surface area (Å²) in [5, 5.41) is 3.11. The van der Waals surface area contributed by atoms with Crippen LogP contribution in [0.15, 0.2) is 72.9 Å². The third-order valence-corrected chi connectivity index (χ3v) is 5.29. The molecule has 3 aromatic rings. The van der Waals surface area contributed by atoms with Crippen LogP contribution >= 0.6 is 0 Å². The summed E-state index contributed by atoms with van der Waals surface area (Å²) in [5.74, 6) is 0.493. The molecule has 1 unspecified atom stereocenters. The van der Waals surface area contributed by atoms with Gasteiger partial charge in [-0.15, -0.1) is 0 Å². The van der Waals surface area contributed by atoms with Crippen LogP contribution in [0.2, 0.25) is 0 Å². The topological polar surface area (TPSA) is 46.5 Å². The number of nitrogens with zero attached hydrogens (tertiary/aromatic N) is 2. The van der Waals surface area contributed by atoms with Gasteiger partial charge in [0.25, 0.3) is 5.91 Å². The number of fused-ring (bicyclic) bond motifs is 1. The molecule has 0 spiro atoms. The number of hydrogen-bond donors (Lipinski definition) is 1. The van der Waals surface area contributed by atoms with Crippen LogP contribution in [0.5, 0.6) is 5.75 Å². The number of aromatic nitrogens is 1. The van der Waals surface area contributed by atoms with E-state index in [9.17, 15) is 4.79 Å². The summed E-state index contributed by atoms with van der Waals surface area (Å²) in [6, 6.07) is 22.3. The Morgan fingerprint density at radius 3 is 2.68 bits per heavy atom. The van der Waals surface area contributed by atoms with E-state index in [0.29, 0.717) is 17.9 Å². The molecular weight excluding hydrogens is 350 g/mol. The Bertz CT molecular complexity index is 936. The highest BCUT2D eigenvalue weighted by Gasteiger charge is 2.26. The summed E-state index contributed by atoms with van der Waals surface area (Å²) >= 11 is 0. The second-order valence-corrected chi connectivity index (χ2v) is 7.11. The Labute approximate surface area is 165 Å². The van der Waals surface area contributed by atoms with Gasteiger partial charge in [-0.05, 0) is 29.8 Å². The highest BCUT2D eigenvalue weighted by molar-refractivity contribution is 5.96. The third kappa shape index (κ3) is 3.94. The predicted molar refractivity (Wildman–Crippen MR) is 109 cm³/mol. The molecule has 1 aliphatic heterocycles. The molecule has 0 aliphatic carbocycles. The van der Waals surface area contributed by atoms with Crippen LogP contribution in [0.3, 0.4) is 0 Å². The number of nitrogens with one attached hydrogen (secondary N) is 1. The first-order valence-corrected chi connectivity index (χ1v) is 9.58. The van der Waals surface area contributed by atoms with Crippen LogP contribution in [-0.4, -0.2) is 35.1 Å². The zero-order valence-corrected chi connectivity index (χ0v) is 16.0. The van der Waals surface area contributed by atoms with Crippen molar-refractivity contribution in [3.63, 3.8) is 0 Å². The lowest BCUT2D eigenvalue weighted by Gasteiger charge is -2.37. The minimum Gasteiger partial charge on any atom is -0.496 e. The lowest BCUT2D eigenvalue weighted by atomic mass is 10.1. The Morgan fingerprint density at radius 1 is 1.07 bits per heavy atom. The maximum atomic E-state index is 12.7. The van der Waals surface area contributed by atoms with Crippen molar-refractivity contribution in [2.45, 2.75) is 25.7 Å². The molecule has 1 N–H and O–H groups in total. The van der Waals surface area contributed by atoms with Gasteiger partial charge in [0.2, 0.25) is 0 Å². The summed E-state index contributed by atoms with van der Waals surface area (Å²) in [7, 11) is 1.59. The molecule has 1 amide bonds. The van der Waals surface area contributed by atoms with Gasteiger partial charge >= 0.3 is 0 Å². The maximum absolute atomic E-state index is 12.7. The fraction of sp³-hybridized carbons (Fsp3) is 0.261. The predicted octanol–water partition coefficient (Wildman–Crippen LogP) is 3.31.